The summed E-state index contributed by atoms with van der Waals surface area (Å²) in [4.78, 5) is 0. The maximum atomic E-state index is 11.1. The predicted octanol–water partition coefficient (Wildman–Crippen LogP) is 6.19. The summed E-state index contributed by atoms with van der Waals surface area (Å²) in [5, 5.41) is 0. The van der Waals surface area contributed by atoms with E-state index in [2.05, 4.69) is 76.4 Å². The molecule has 0 bridgehead atoms. The van der Waals surface area contributed by atoms with Gasteiger partial charge in [0.15, 0.2) is 0 Å². The van der Waals surface area contributed by atoms with Crippen LogP contribution in [0.2, 0.25) is 0 Å². The minimum absolute atomic E-state index is 0.481. The van der Waals surface area contributed by atoms with Gasteiger partial charge < -0.3 is 0 Å². The Morgan fingerprint density at radius 1 is 1.14 bits per heavy atom. The second kappa shape index (κ2) is 8.21. The van der Waals surface area contributed by atoms with Crippen LogP contribution in [-0.4, -0.2) is 0 Å². The van der Waals surface area contributed by atoms with Crippen molar-refractivity contribution < 1.29 is 4.39 Å². The molecule has 110 valence electrons. The number of allylic oxidation sites excluding steroid dienone is 2. The standard InChI is InChI=1S/C16H18.C4H5F/c1-4-14-6-5-7-15(11-14)16-9-8-12(2)10-13(16)3;1-3-4(2)5/h5-11H,4H2,1-3H3;3H,1-2H2. The average Bonchev–Trinajstić information content (AvgIpc) is 2.48. The highest BCUT2D eigenvalue weighted by atomic mass is 19.1. The molecule has 21 heavy (non-hydrogen) atoms. The van der Waals surface area contributed by atoms with Crippen LogP contribution in [-0.2, 0) is 6.42 Å². The zero-order chi connectivity index (χ0) is 15.8. The highest BCUT2D eigenvalue weighted by molar-refractivity contribution is 5.68. The Morgan fingerprint density at radius 3 is 2.33 bits per heavy atom. The molecule has 0 aliphatic heterocycles. The Balaban J connectivity index is 0.000000383. The number of hydrogen-bond donors (Lipinski definition) is 0. The lowest BCUT2D eigenvalue weighted by Crippen LogP contribution is -1.86. The van der Waals surface area contributed by atoms with Crippen molar-refractivity contribution in [3.63, 3.8) is 0 Å². The molecule has 0 nitrogen and oxygen atoms in total. The van der Waals surface area contributed by atoms with E-state index in [9.17, 15) is 4.39 Å². The molecule has 0 saturated carbocycles. The van der Waals surface area contributed by atoms with Crippen molar-refractivity contribution in [3.8, 4) is 11.1 Å². The SMILES string of the molecule is C=CC(=C)F.CCc1cccc(-c2ccc(C)cc2C)c1. The quantitative estimate of drug-likeness (QED) is 0.589. The molecule has 0 aromatic heterocycles. The smallest absolute Gasteiger partial charge is 0.115 e. The van der Waals surface area contributed by atoms with Gasteiger partial charge in [0.2, 0.25) is 0 Å². The largest absolute Gasteiger partial charge is 0.208 e. The van der Waals surface area contributed by atoms with E-state index in [4.69, 9.17) is 0 Å². The minimum Gasteiger partial charge on any atom is -0.208 e. The van der Waals surface area contributed by atoms with Crippen LogP contribution in [0.15, 0.2) is 67.5 Å². The number of halogens is 1. The molecule has 0 heterocycles. The van der Waals surface area contributed by atoms with Crippen LogP contribution in [0.5, 0.6) is 0 Å². The summed E-state index contributed by atoms with van der Waals surface area (Å²) in [6, 6.07) is 15.5. The van der Waals surface area contributed by atoms with Gasteiger partial charge >= 0.3 is 0 Å². The van der Waals surface area contributed by atoms with Crippen LogP contribution in [0.3, 0.4) is 0 Å². The van der Waals surface area contributed by atoms with E-state index in [1.165, 1.54) is 27.8 Å². The summed E-state index contributed by atoms with van der Waals surface area (Å²) in [5.74, 6) is -0.481. The third kappa shape index (κ3) is 5.39. The van der Waals surface area contributed by atoms with Gasteiger partial charge in [-0.3, -0.25) is 0 Å². The van der Waals surface area contributed by atoms with Crippen molar-refractivity contribution in [2.75, 3.05) is 0 Å². The second-order valence-corrected chi connectivity index (χ2v) is 5.02. The van der Waals surface area contributed by atoms with Crippen LogP contribution in [0.25, 0.3) is 11.1 Å². The molecule has 0 atom stereocenters. The van der Waals surface area contributed by atoms with Crippen LogP contribution in [0.4, 0.5) is 4.39 Å². The van der Waals surface area contributed by atoms with Gasteiger partial charge in [-0.1, -0.05) is 68.1 Å². The molecule has 0 aliphatic rings. The van der Waals surface area contributed by atoms with Crippen LogP contribution in [0.1, 0.15) is 23.6 Å². The van der Waals surface area contributed by atoms with E-state index < -0.39 is 5.83 Å². The minimum atomic E-state index is -0.481. The number of rotatable bonds is 3. The molecule has 0 spiro atoms. The summed E-state index contributed by atoms with van der Waals surface area (Å²) in [6.45, 7) is 12.5. The van der Waals surface area contributed by atoms with E-state index >= 15 is 0 Å². The van der Waals surface area contributed by atoms with E-state index in [-0.39, 0.29) is 0 Å². The molecule has 2 rings (SSSR count). The van der Waals surface area contributed by atoms with Gasteiger partial charge in [-0.05, 0) is 48.6 Å². The maximum absolute atomic E-state index is 11.1. The Kier molecular flexibility index (Phi) is 6.61. The first-order chi connectivity index (χ1) is 9.97. The molecule has 0 unspecified atom stereocenters. The van der Waals surface area contributed by atoms with E-state index in [0.717, 1.165) is 12.5 Å². The van der Waals surface area contributed by atoms with Crippen molar-refractivity contribution in [1.29, 1.82) is 0 Å². The van der Waals surface area contributed by atoms with Crippen molar-refractivity contribution in [2.24, 2.45) is 0 Å². The third-order valence-corrected chi connectivity index (χ3v) is 3.25. The van der Waals surface area contributed by atoms with E-state index in [0.29, 0.717) is 0 Å². The fourth-order valence-corrected chi connectivity index (χ4v) is 2.10. The van der Waals surface area contributed by atoms with Gasteiger partial charge in [0.05, 0.1) is 0 Å². The molecular weight excluding hydrogens is 259 g/mol. The fourth-order valence-electron chi connectivity index (χ4n) is 2.10. The Hall–Kier alpha value is -2.15. The summed E-state index contributed by atoms with van der Waals surface area (Å²) >= 11 is 0. The van der Waals surface area contributed by atoms with Gasteiger partial charge in [-0.25, -0.2) is 4.39 Å². The van der Waals surface area contributed by atoms with Gasteiger partial charge in [-0.2, -0.15) is 0 Å². The first-order valence-electron chi connectivity index (χ1n) is 7.11. The van der Waals surface area contributed by atoms with Gasteiger partial charge in [0.25, 0.3) is 0 Å². The molecule has 0 aliphatic carbocycles. The maximum Gasteiger partial charge on any atom is 0.115 e. The monoisotopic (exact) mass is 282 g/mol. The lowest BCUT2D eigenvalue weighted by molar-refractivity contribution is 0.672. The summed E-state index contributed by atoms with van der Waals surface area (Å²) < 4.78 is 11.1. The molecule has 2 aromatic rings. The molecule has 0 fully saturated rings. The van der Waals surface area contributed by atoms with Crippen molar-refractivity contribution in [1.82, 2.24) is 0 Å². The van der Waals surface area contributed by atoms with E-state index in [1.54, 1.807) is 0 Å². The predicted molar refractivity (Wildman–Crippen MR) is 91.2 cm³/mol. The fraction of sp³-hybridized carbons (Fsp3) is 0.200. The highest BCUT2D eigenvalue weighted by Crippen LogP contribution is 2.25. The third-order valence-electron chi connectivity index (χ3n) is 3.25. The van der Waals surface area contributed by atoms with Crippen LogP contribution in [0, 0.1) is 13.8 Å². The summed E-state index contributed by atoms with van der Waals surface area (Å²) in [7, 11) is 0. The molecule has 0 N–H and O–H groups in total. The zero-order valence-corrected chi connectivity index (χ0v) is 13.1. The Bertz CT molecular complexity index is 623. The van der Waals surface area contributed by atoms with Crippen molar-refractivity contribution in [3.05, 3.63) is 84.2 Å². The van der Waals surface area contributed by atoms with Crippen LogP contribution < -0.4 is 0 Å². The van der Waals surface area contributed by atoms with Gasteiger partial charge in [0.1, 0.15) is 5.83 Å². The van der Waals surface area contributed by atoms with E-state index in [1.807, 2.05) is 0 Å². The Labute approximate surface area is 127 Å². The lowest BCUT2D eigenvalue weighted by Gasteiger charge is -2.08. The van der Waals surface area contributed by atoms with Gasteiger partial charge in [0, 0.05) is 0 Å². The molecule has 1 heteroatoms. The summed E-state index contributed by atoms with van der Waals surface area (Å²) in [6.07, 6.45) is 2.15. The highest BCUT2D eigenvalue weighted by Gasteiger charge is 2.02. The van der Waals surface area contributed by atoms with Crippen molar-refractivity contribution >= 4 is 0 Å². The number of aryl methyl sites for hydroxylation is 3. The molecule has 2 aromatic carbocycles. The van der Waals surface area contributed by atoms with Crippen molar-refractivity contribution in [2.45, 2.75) is 27.2 Å². The topological polar surface area (TPSA) is 0 Å². The Morgan fingerprint density at radius 2 is 1.81 bits per heavy atom. The summed E-state index contributed by atoms with van der Waals surface area (Å²) in [5.41, 5.74) is 6.76. The lowest BCUT2D eigenvalue weighted by atomic mass is 9.97. The molecule has 0 radical (unpaired) electrons. The number of hydrogen-bond acceptors (Lipinski definition) is 0. The van der Waals surface area contributed by atoms with Crippen LogP contribution >= 0.6 is 0 Å². The number of benzene rings is 2. The first-order valence-corrected chi connectivity index (χ1v) is 7.11. The second-order valence-electron chi connectivity index (χ2n) is 5.02. The van der Waals surface area contributed by atoms with Gasteiger partial charge in [-0.15, -0.1) is 0 Å². The molecular formula is C20H23F. The normalized spacial score (nSPS) is 9.52. The molecule has 0 saturated heterocycles. The zero-order valence-electron chi connectivity index (χ0n) is 13.1. The molecule has 0 amide bonds. The average molecular weight is 282 g/mol. The first kappa shape index (κ1) is 16.9.